The molecule has 2 aromatic rings. The van der Waals surface area contributed by atoms with Crippen molar-refractivity contribution in [3.8, 4) is 0 Å². The third kappa shape index (κ3) is 3.93. The van der Waals surface area contributed by atoms with Gasteiger partial charge in [0, 0.05) is 0 Å². The zero-order valence-corrected chi connectivity index (χ0v) is 17.7. The molecule has 0 aliphatic heterocycles. The Hall–Kier alpha value is -0.645. The van der Waals surface area contributed by atoms with Crippen LogP contribution in [0.2, 0.25) is 3.93 Å². The molecule has 0 spiro atoms. The fourth-order valence-corrected chi connectivity index (χ4v) is 6.94. The molecule has 102 valence electrons. The van der Waals surface area contributed by atoms with E-state index in [2.05, 4.69) is 5.32 Å². The van der Waals surface area contributed by atoms with E-state index in [1.54, 1.807) is 7.11 Å². The molecule has 0 fully saturated rings. The first kappa shape index (κ1) is 15.7. The second-order valence-corrected chi connectivity index (χ2v) is 11.6. The summed E-state index contributed by atoms with van der Waals surface area (Å²) in [5, 5.41) is 4.98. The minimum atomic E-state index is -1.25. The number of methoxy groups -OCH3 is 1. The van der Waals surface area contributed by atoms with Crippen molar-refractivity contribution in [3.05, 3.63) is 48.0 Å². The van der Waals surface area contributed by atoms with Crippen LogP contribution >= 0.6 is 8.25 Å². The number of hydrogen-bond acceptors (Lipinski definition) is 2. The summed E-state index contributed by atoms with van der Waals surface area (Å²) in [6.07, 6.45) is 0.0492. The molecular weight excluding hydrogens is 462 g/mol. The standard InChI is InChI=1S/C15H16NO2.ClH.Hg/c1-11(18-2)10-16-15(17)14-9-5-7-12-6-3-4-8-13(12)14;;/h3-9,11H,1,10H2,2H3,(H,16,17);1H;/q;;+1/p-1. The number of benzene rings is 2. The van der Waals surface area contributed by atoms with Gasteiger partial charge in [0.2, 0.25) is 0 Å². The maximum absolute atomic E-state index is 12.3. The van der Waals surface area contributed by atoms with Gasteiger partial charge in [-0.25, -0.2) is 0 Å². The quantitative estimate of drug-likeness (QED) is 0.648. The number of amides is 1. The van der Waals surface area contributed by atoms with Crippen LogP contribution in [0, 0.1) is 0 Å². The van der Waals surface area contributed by atoms with Gasteiger partial charge in [0.1, 0.15) is 0 Å². The second kappa shape index (κ2) is 7.96. The van der Waals surface area contributed by atoms with E-state index in [1.807, 2.05) is 42.5 Å². The number of fused-ring (bicyclic) bond motifs is 1. The van der Waals surface area contributed by atoms with Gasteiger partial charge in [-0.05, 0) is 0 Å². The predicted molar refractivity (Wildman–Crippen MR) is 77.7 cm³/mol. The fourth-order valence-electron chi connectivity index (χ4n) is 2.15. The molecular formula is C15H16ClHgNO2. The molecule has 0 aliphatic carbocycles. The van der Waals surface area contributed by atoms with E-state index < -0.39 is 23.3 Å². The molecule has 20 heavy (non-hydrogen) atoms. The number of nitrogens with one attached hydrogen (secondary N) is 1. The number of rotatable bonds is 6. The van der Waals surface area contributed by atoms with Crippen LogP contribution in [0.3, 0.4) is 0 Å². The molecule has 2 aromatic carbocycles. The summed E-state index contributed by atoms with van der Waals surface area (Å²) in [6, 6.07) is 13.6. The molecule has 1 amide bonds. The molecule has 1 unspecified atom stereocenters. The van der Waals surface area contributed by atoms with Crippen LogP contribution in [0.15, 0.2) is 42.5 Å². The maximum atomic E-state index is 12.3. The Kier molecular flexibility index (Phi) is 6.26. The number of ether oxygens (including phenoxy) is 1. The van der Waals surface area contributed by atoms with Crippen LogP contribution in [-0.4, -0.2) is 25.7 Å². The predicted octanol–water partition coefficient (Wildman–Crippen LogP) is 3.24. The van der Waals surface area contributed by atoms with Gasteiger partial charge in [0.15, 0.2) is 0 Å². The minimum absolute atomic E-state index is 0.0492. The van der Waals surface area contributed by atoms with Crippen molar-refractivity contribution in [1.82, 2.24) is 5.32 Å². The van der Waals surface area contributed by atoms with Crippen LogP contribution in [0.1, 0.15) is 10.4 Å². The topological polar surface area (TPSA) is 38.3 Å². The summed E-state index contributed by atoms with van der Waals surface area (Å²) in [7, 11) is 7.58. The van der Waals surface area contributed by atoms with Crippen molar-refractivity contribution >= 4 is 24.9 Å². The second-order valence-electron chi connectivity index (χ2n) is 4.57. The number of hydrogen-bond donors (Lipinski definition) is 1. The average molecular weight is 478 g/mol. The first-order valence-electron chi connectivity index (χ1n) is 6.61. The normalized spacial score (nSPS) is 11.9. The Bertz CT molecular complexity index is 586. The van der Waals surface area contributed by atoms with Crippen molar-refractivity contribution in [2.24, 2.45) is 0 Å². The molecule has 0 bridgehead atoms. The molecule has 0 saturated carbocycles. The van der Waals surface area contributed by atoms with Gasteiger partial charge in [0.25, 0.3) is 0 Å². The first-order chi connectivity index (χ1) is 9.76. The van der Waals surface area contributed by atoms with Crippen molar-refractivity contribution < 1.29 is 32.9 Å². The molecule has 1 N–H and O–H groups in total. The number of carbonyl (C=O) groups excluding carboxylic acids is 1. The molecule has 0 heterocycles. The van der Waals surface area contributed by atoms with Gasteiger partial charge in [-0.1, -0.05) is 0 Å². The van der Waals surface area contributed by atoms with E-state index in [4.69, 9.17) is 13.0 Å². The SMILES string of the molecule is COC(CNC(=O)c1cccc2ccccc12)[CH2][Hg][Cl]. The van der Waals surface area contributed by atoms with E-state index in [1.165, 1.54) is 0 Å². The zero-order valence-electron chi connectivity index (χ0n) is 11.4. The Morgan fingerprint density at radius 3 is 2.80 bits per heavy atom. The molecule has 5 heteroatoms. The summed E-state index contributed by atoms with van der Waals surface area (Å²) in [5.74, 6) is -0.0601. The Morgan fingerprint density at radius 1 is 1.30 bits per heavy atom. The molecule has 0 aliphatic rings. The molecule has 3 nitrogen and oxygen atoms in total. The van der Waals surface area contributed by atoms with Gasteiger partial charge >= 0.3 is 135 Å². The Balaban J connectivity index is 2.11. The monoisotopic (exact) mass is 479 g/mol. The van der Waals surface area contributed by atoms with Gasteiger partial charge in [-0.2, -0.15) is 0 Å². The Morgan fingerprint density at radius 2 is 2.05 bits per heavy atom. The van der Waals surface area contributed by atoms with Crippen LogP contribution in [-0.2, 0) is 28.1 Å². The molecule has 0 radical (unpaired) electrons. The van der Waals surface area contributed by atoms with E-state index in [9.17, 15) is 4.79 Å². The van der Waals surface area contributed by atoms with E-state index >= 15 is 0 Å². The molecule has 2 rings (SSSR count). The summed E-state index contributed by atoms with van der Waals surface area (Å²) < 4.78 is 6.26. The Labute approximate surface area is 134 Å². The van der Waals surface area contributed by atoms with Gasteiger partial charge in [-0.15, -0.1) is 0 Å². The van der Waals surface area contributed by atoms with Gasteiger partial charge < -0.3 is 0 Å². The first-order valence-corrected chi connectivity index (χ1v) is 17.3. The summed E-state index contributed by atoms with van der Waals surface area (Å²) in [4.78, 5) is 12.3. The summed E-state index contributed by atoms with van der Waals surface area (Å²) in [5.41, 5.74) is 0.702. The molecule has 0 aromatic heterocycles. The number of carbonyl (C=O) groups is 1. The van der Waals surface area contributed by atoms with Gasteiger partial charge in [0.05, 0.1) is 0 Å². The van der Waals surface area contributed by atoms with Crippen LogP contribution in [0.4, 0.5) is 0 Å². The van der Waals surface area contributed by atoms with E-state index in [-0.39, 0.29) is 12.0 Å². The van der Waals surface area contributed by atoms with Crippen molar-refractivity contribution in [1.29, 1.82) is 0 Å². The van der Waals surface area contributed by atoms with Crippen LogP contribution in [0.5, 0.6) is 0 Å². The average Bonchev–Trinajstić information content (AvgIpc) is 2.50. The zero-order chi connectivity index (χ0) is 14.4. The van der Waals surface area contributed by atoms with Crippen molar-refractivity contribution in [3.63, 3.8) is 0 Å². The third-order valence-corrected chi connectivity index (χ3v) is 8.56. The van der Waals surface area contributed by atoms with Crippen LogP contribution < -0.4 is 5.32 Å². The van der Waals surface area contributed by atoms with Crippen molar-refractivity contribution in [2.45, 2.75) is 10.0 Å². The molecule has 1 atom stereocenters. The van der Waals surface area contributed by atoms with Crippen LogP contribution in [0.25, 0.3) is 10.8 Å². The third-order valence-electron chi connectivity index (χ3n) is 3.29. The van der Waals surface area contributed by atoms with E-state index in [0.29, 0.717) is 12.1 Å². The fraction of sp³-hybridized carbons (Fsp3) is 0.267. The van der Waals surface area contributed by atoms with E-state index in [0.717, 1.165) is 14.7 Å². The summed E-state index contributed by atoms with van der Waals surface area (Å²) >= 11 is -1.25. The summed E-state index contributed by atoms with van der Waals surface area (Å²) in [6.45, 7) is 0.519. The van der Waals surface area contributed by atoms with Gasteiger partial charge in [-0.3, -0.25) is 0 Å². The van der Waals surface area contributed by atoms with Crippen molar-refractivity contribution in [2.75, 3.05) is 13.7 Å². The molecule has 0 saturated heterocycles. The number of halogens is 1.